The van der Waals surface area contributed by atoms with E-state index in [0.29, 0.717) is 31.5 Å². The van der Waals surface area contributed by atoms with E-state index in [-0.39, 0.29) is 23.8 Å². The zero-order valence-corrected chi connectivity index (χ0v) is 13.8. The van der Waals surface area contributed by atoms with E-state index in [1.54, 1.807) is 0 Å². The van der Waals surface area contributed by atoms with Crippen LogP contribution in [0.15, 0.2) is 12.2 Å². The molecular formula is C18H28O4. The number of cyclic esters (lactones) is 1. The lowest BCUT2D eigenvalue weighted by molar-refractivity contribution is -0.172. The van der Waals surface area contributed by atoms with Gasteiger partial charge >= 0.3 is 5.97 Å². The van der Waals surface area contributed by atoms with Crippen molar-refractivity contribution in [3.63, 3.8) is 0 Å². The van der Waals surface area contributed by atoms with Gasteiger partial charge in [0.1, 0.15) is 6.10 Å². The van der Waals surface area contributed by atoms with Gasteiger partial charge in [0.05, 0.1) is 19.6 Å². The van der Waals surface area contributed by atoms with Crippen molar-refractivity contribution >= 4 is 5.97 Å². The predicted octanol–water partition coefficient (Wildman–Crippen LogP) is 3.45. The molecule has 0 N–H and O–H groups in total. The van der Waals surface area contributed by atoms with Gasteiger partial charge in [-0.3, -0.25) is 4.79 Å². The average molecular weight is 308 g/mol. The van der Waals surface area contributed by atoms with Crippen LogP contribution in [0.1, 0.15) is 52.4 Å². The van der Waals surface area contributed by atoms with E-state index in [4.69, 9.17) is 14.2 Å². The third-order valence-electron chi connectivity index (χ3n) is 5.78. The molecule has 2 heterocycles. The van der Waals surface area contributed by atoms with E-state index in [1.165, 1.54) is 5.57 Å². The largest absolute Gasteiger partial charge is 0.462 e. The summed E-state index contributed by atoms with van der Waals surface area (Å²) in [5.41, 5.74) is 1.21. The Kier molecular flexibility index (Phi) is 4.60. The first-order valence-electron chi connectivity index (χ1n) is 8.71. The van der Waals surface area contributed by atoms with Gasteiger partial charge in [0.25, 0.3) is 0 Å². The summed E-state index contributed by atoms with van der Waals surface area (Å²) in [6.45, 7) is 10.0. The Hall–Kier alpha value is -0.870. The van der Waals surface area contributed by atoms with Crippen molar-refractivity contribution in [1.82, 2.24) is 0 Å². The quantitative estimate of drug-likeness (QED) is 0.592. The fourth-order valence-corrected chi connectivity index (χ4v) is 4.54. The Bertz CT molecular complexity index is 438. The number of hydrogen-bond donors (Lipinski definition) is 0. The van der Waals surface area contributed by atoms with Gasteiger partial charge in [-0.15, -0.1) is 0 Å². The summed E-state index contributed by atoms with van der Waals surface area (Å²) in [6.07, 6.45) is 5.68. The number of carbonyl (C=O) groups excluding carboxylic acids is 1. The molecule has 0 aromatic heterocycles. The monoisotopic (exact) mass is 308 g/mol. The summed E-state index contributed by atoms with van der Waals surface area (Å²) in [6, 6.07) is 0. The summed E-state index contributed by atoms with van der Waals surface area (Å²) in [7, 11) is 0. The Morgan fingerprint density at radius 2 is 2.05 bits per heavy atom. The molecule has 0 bridgehead atoms. The molecule has 3 fully saturated rings. The maximum atomic E-state index is 11.6. The number of esters is 1. The topological polar surface area (TPSA) is 44.8 Å². The van der Waals surface area contributed by atoms with Crippen molar-refractivity contribution in [2.24, 2.45) is 17.8 Å². The van der Waals surface area contributed by atoms with E-state index in [9.17, 15) is 4.79 Å². The van der Waals surface area contributed by atoms with Crippen molar-refractivity contribution < 1.29 is 19.0 Å². The summed E-state index contributed by atoms with van der Waals surface area (Å²) < 4.78 is 17.2. The lowest BCUT2D eigenvalue weighted by atomic mass is 9.74. The van der Waals surface area contributed by atoms with Crippen LogP contribution in [0.25, 0.3) is 0 Å². The molecule has 3 aliphatic rings. The second kappa shape index (κ2) is 6.32. The van der Waals surface area contributed by atoms with Crippen LogP contribution >= 0.6 is 0 Å². The minimum Gasteiger partial charge on any atom is -0.462 e. The second-order valence-electron chi connectivity index (χ2n) is 7.06. The SMILES string of the molecule is C=C(C1CCCC2(C[C@H]1CC)OCCO2)[C@H]1CC(=O)O[C@@H]1C. The van der Waals surface area contributed by atoms with Crippen LogP contribution < -0.4 is 0 Å². The highest BCUT2D eigenvalue weighted by atomic mass is 16.7. The van der Waals surface area contributed by atoms with Gasteiger partial charge in [-0.25, -0.2) is 0 Å². The van der Waals surface area contributed by atoms with Crippen molar-refractivity contribution in [2.45, 2.75) is 64.3 Å². The minimum atomic E-state index is -0.358. The Morgan fingerprint density at radius 3 is 2.64 bits per heavy atom. The fraction of sp³-hybridized carbons (Fsp3) is 0.833. The van der Waals surface area contributed by atoms with Gasteiger partial charge < -0.3 is 14.2 Å². The smallest absolute Gasteiger partial charge is 0.306 e. The molecule has 22 heavy (non-hydrogen) atoms. The molecule has 4 nitrogen and oxygen atoms in total. The van der Waals surface area contributed by atoms with Crippen molar-refractivity contribution in [3.8, 4) is 0 Å². The highest BCUT2D eigenvalue weighted by Crippen LogP contribution is 2.46. The van der Waals surface area contributed by atoms with Crippen LogP contribution in [-0.4, -0.2) is 31.1 Å². The molecule has 4 atom stereocenters. The standard InChI is InChI=1S/C18H28O4/c1-4-14-11-18(20-8-9-21-18)7-5-6-15(14)12(2)16-10-17(19)22-13(16)3/h13-16H,2,4-11H2,1,3H3/t13-,14-,15?,16-/m1/s1. The molecule has 0 amide bonds. The van der Waals surface area contributed by atoms with Crippen LogP contribution in [0, 0.1) is 17.8 Å². The molecule has 2 saturated heterocycles. The van der Waals surface area contributed by atoms with Crippen LogP contribution in [0.2, 0.25) is 0 Å². The van der Waals surface area contributed by atoms with Gasteiger partial charge in [-0.2, -0.15) is 0 Å². The van der Waals surface area contributed by atoms with E-state index in [1.807, 2.05) is 6.92 Å². The first-order chi connectivity index (χ1) is 10.5. The Morgan fingerprint density at radius 1 is 1.32 bits per heavy atom. The summed E-state index contributed by atoms with van der Waals surface area (Å²) >= 11 is 0. The van der Waals surface area contributed by atoms with Crippen molar-refractivity contribution in [1.29, 1.82) is 0 Å². The highest BCUT2D eigenvalue weighted by Gasteiger charge is 2.45. The normalized spacial score (nSPS) is 38.0. The number of hydrogen-bond acceptors (Lipinski definition) is 4. The summed E-state index contributed by atoms with van der Waals surface area (Å²) in [5, 5.41) is 0. The van der Waals surface area contributed by atoms with Crippen LogP contribution in [-0.2, 0) is 19.0 Å². The van der Waals surface area contributed by atoms with Gasteiger partial charge in [-0.1, -0.05) is 25.5 Å². The van der Waals surface area contributed by atoms with Crippen LogP contribution in [0.4, 0.5) is 0 Å². The molecule has 1 spiro atoms. The molecular weight excluding hydrogens is 280 g/mol. The maximum absolute atomic E-state index is 11.6. The molecule has 1 unspecified atom stereocenters. The van der Waals surface area contributed by atoms with Crippen molar-refractivity contribution in [2.75, 3.05) is 13.2 Å². The number of carbonyl (C=O) groups is 1. The summed E-state index contributed by atoms with van der Waals surface area (Å²) in [5.74, 6) is 0.684. The molecule has 0 radical (unpaired) electrons. The van der Waals surface area contributed by atoms with E-state index in [2.05, 4.69) is 13.5 Å². The molecule has 1 aliphatic carbocycles. The van der Waals surface area contributed by atoms with Gasteiger partial charge in [-0.05, 0) is 31.6 Å². The third kappa shape index (κ3) is 2.95. The molecule has 0 aromatic carbocycles. The molecule has 2 aliphatic heterocycles. The number of ether oxygens (including phenoxy) is 3. The van der Waals surface area contributed by atoms with E-state index >= 15 is 0 Å². The Labute approximate surface area is 133 Å². The molecule has 0 aromatic rings. The third-order valence-corrected chi connectivity index (χ3v) is 5.78. The first kappa shape index (κ1) is 16.0. The second-order valence-corrected chi connectivity index (χ2v) is 7.06. The number of rotatable bonds is 3. The fourth-order valence-electron chi connectivity index (χ4n) is 4.54. The van der Waals surface area contributed by atoms with E-state index < -0.39 is 0 Å². The summed E-state index contributed by atoms with van der Waals surface area (Å²) in [4.78, 5) is 11.6. The zero-order valence-electron chi connectivity index (χ0n) is 13.8. The molecule has 124 valence electrons. The Balaban J connectivity index is 1.74. The minimum absolute atomic E-state index is 0.0336. The van der Waals surface area contributed by atoms with E-state index in [0.717, 1.165) is 32.1 Å². The van der Waals surface area contributed by atoms with Crippen LogP contribution in [0.3, 0.4) is 0 Å². The molecule has 1 saturated carbocycles. The molecule has 4 heteroatoms. The maximum Gasteiger partial charge on any atom is 0.306 e. The van der Waals surface area contributed by atoms with Gasteiger partial charge in [0.15, 0.2) is 5.79 Å². The predicted molar refractivity (Wildman–Crippen MR) is 83.2 cm³/mol. The zero-order chi connectivity index (χ0) is 15.7. The molecule has 3 rings (SSSR count). The lowest BCUT2D eigenvalue weighted by Gasteiger charge is -2.33. The van der Waals surface area contributed by atoms with Crippen LogP contribution in [0.5, 0.6) is 0 Å². The lowest BCUT2D eigenvalue weighted by Crippen LogP contribution is -2.33. The van der Waals surface area contributed by atoms with Gasteiger partial charge in [0.2, 0.25) is 0 Å². The first-order valence-corrected chi connectivity index (χ1v) is 8.71. The average Bonchev–Trinajstić information content (AvgIpc) is 3.02. The highest BCUT2D eigenvalue weighted by molar-refractivity contribution is 5.72. The van der Waals surface area contributed by atoms with Crippen molar-refractivity contribution in [3.05, 3.63) is 12.2 Å². The van der Waals surface area contributed by atoms with Gasteiger partial charge in [0, 0.05) is 18.8 Å².